The lowest BCUT2D eigenvalue weighted by Gasteiger charge is -2.05. The van der Waals surface area contributed by atoms with Crippen LogP contribution in [-0.2, 0) is 0 Å². The summed E-state index contributed by atoms with van der Waals surface area (Å²) < 4.78 is 0. The molecule has 2 aromatic heterocycles. The topological polar surface area (TPSA) is 92.2 Å². The van der Waals surface area contributed by atoms with Gasteiger partial charge in [-0.25, -0.2) is 9.78 Å². The molecule has 4 aromatic rings. The molecule has 0 spiro atoms. The molecule has 0 radical (unpaired) electrons. The van der Waals surface area contributed by atoms with Gasteiger partial charge in [0, 0.05) is 23.5 Å². The van der Waals surface area contributed by atoms with Crippen LogP contribution in [0.15, 0.2) is 67.0 Å². The van der Waals surface area contributed by atoms with Crippen molar-refractivity contribution < 1.29 is 14.7 Å². The van der Waals surface area contributed by atoms with Crippen LogP contribution in [0.25, 0.3) is 21.7 Å². The first kappa shape index (κ1) is 20.4. The smallest absolute Gasteiger partial charge is 0.335 e. The van der Waals surface area contributed by atoms with Crippen LogP contribution in [0.5, 0.6) is 0 Å². The fraction of sp³-hybridized carbons (Fsp3) is 0.0833. The molecule has 0 aliphatic heterocycles. The fourth-order valence-corrected chi connectivity index (χ4v) is 4.33. The maximum atomic E-state index is 12.7. The minimum absolute atomic E-state index is 0.0557. The third kappa shape index (κ3) is 4.51. The Labute approximate surface area is 183 Å². The number of nitrogens with one attached hydrogen (secondary N) is 1. The second-order valence-corrected chi connectivity index (χ2v) is 8.15. The van der Waals surface area contributed by atoms with Crippen molar-refractivity contribution in [3.05, 3.63) is 89.2 Å². The highest BCUT2D eigenvalue weighted by atomic mass is 32.1. The molecule has 0 bridgehead atoms. The fourth-order valence-electron chi connectivity index (χ4n) is 3.34. The predicted octanol–water partition coefficient (Wildman–Crippen LogP) is 5.44. The van der Waals surface area contributed by atoms with E-state index in [-0.39, 0.29) is 11.1 Å². The number of amides is 1. The number of rotatable bonds is 5. The number of benzene rings is 2. The number of carbonyl (C=O) groups excluding carboxylic acids is 1. The highest BCUT2D eigenvalue weighted by Gasteiger charge is 2.18. The first-order valence-electron chi connectivity index (χ1n) is 9.55. The Kier molecular flexibility index (Phi) is 5.60. The Morgan fingerprint density at radius 1 is 0.903 bits per heavy atom. The molecule has 0 fully saturated rings. The number of pyridine rings is 1. The number of aromatic carboxylic acids is 1. The van der Waals surface area contributed by atoms with Crippen LogP contribution in [0.4, 0.5) is 5.13 Å². The quantitative estimate of drug-likeness (QED) is 0.441. The molecule has 0 aliphatic rings. The van der Waals surface area contributed by atoms with Crippen LogP contribution in [0.1, 0.15) is 31.8 Å². The van der Waals surface area contributed by atoms with E-state index in [9.17, 15) is 14.7 Å². The molecule has 0 atom stereocenters. The Bertz CT molecular complexity index is 1260. The average molecular weight is 430 g/mol. The highest BCUT2D eigenvalue weighted by Crippen LogP contribution is 2.39. The monoisotopic (exact) mass is 429 g/mol. The average Bonchev–Trinajstić information content (AvgIpc) is 3.17. The summed E-state index contributed by atoms with van der Waals surface area (Å²) in [6.45, 7) is 4.07. The van der Waals surface area contributed by atoms with Crippen LogP contribution in [-0.4, -0.2) is 27.0 Å². The summed E-state index contributed by atoms with van der Waals surface area (Å²) in [4.78, 5) is 33.7. The van der Waals surface area contributed by atoms with E-state index in [4.69, 9.17) is 4.98 Å². The van der Waals surface area contributed by atoms with Gasteiger partial charge in [0.05, 0.1) is 16.1 Å². The molecule has 2 N–H and O–H groups in total. The van der Waals surface area contributed by atoms with Crippen LogP contribution in [0, 0.1) is 13.8 Å². The van der Waals surface area contributed by atoms with Gasteiger partial charge in [-0.15, -0.1) is 0 Å². The van der Waals surface area contributed by atoms with Gasteiger partial charge in [-0.1, -0.05) is 34.6 Å². The molecule has 2 heterocycles. The maximum Gasteiger partial charge on any atom is 0.335 e. The van der Waals surface area contributed by atoms with E-state index in [1.807, 2.05) is 26.0 Å². The lowest BCUT2D eigenvalue weighted by molar-refractivity contribution is 0.0697. The molecule has 0 saturated carbocycles. The number of hydrogen-bond donors (Lipinski definition) is 2. The molecule has 7 heteroatoms. The van der Waals surface area contributed by atoms with E-state index < -0.39 is 11.9 Å². The molecule has 6 nitrogen and oxygen atoms in total. The number of carbonyl (C=O) groups is 2. The Morgan fingerprint density at radius 2 is 1.58 bits per heavy atom. The van der Waals surface area contributed by atoms with Gasteiger partial charge >= 0.3 is 5.97 Å². The molecule has 154 valence electrons. The number of aryl methyl sites for hydroxylation is 2. The first-order chi connectivity index (χ1) is 14.9. The van der Waals surface area contributed by atoms with Crippen molar-refractivity contribution in [2.75, 3.05) is 5.32 Å². The first-order valence-corrected chi connectivity index (χ1v) is 10.4. The van der Waals surface area contributed by atoms with Gasteiger partial charge in [-0.05, 0) is 61.9 Å². The summed E-state index contributed by atoms with van der Waals surface area (Å²) in [5.41, 5.74) is 5.26. The molecule has 0 aliphatic carbocycles. The predicted molar refractivity (Wildman–Crippen MR) is 122 cm³/mol. The molecule has 1 amide bonds. The molecule has 4 rings (SSSR count). The lowest BCUT2D eigenvalue weighted by Crippen LogP contribution is -2.12. The van der Waals surface area contributed by atoms with E-state index in [0.29, 0.717) is 5.13 Å². The van der Waals surface area contributed by atoms with Gasteiger partial charge < -0.3 is 5.11 Å². The number of aromatic nitrogens is 2. The Morgan fingerprint density at radius 3 is 2.26 bits per heavy atom. The maximum absolute atomic E-state index is 12.7. The van der Waals surface area contributed by atoms with Crippen LogP contribution in [0.2, 0.25) is 0 Å². The van der Waals surface area contributed by atoms with Gasteiger partial charge in [0.25, 0.3) is 5.91 Å². The minimum Gasteiger partial charge on any atom is -0.478 e. The van der Waals surface area contributed by atoms with Crippen LogP contribution >= 0.6 is 11.3 Å². The summed E-state index contributed by atoms with van der Waals surface area (Å²) in [6.07, 6.45) is 3.44. The molecule has 0 saturated heterocycles. The lowest BCUT2D eigenvalue weighted by atomic mass is 10.0. The van der Waals surface area contributed by atoms with Crippen molar-refractivity contribution >= 4 is 28.3 Å². The Balaban J connectivity index is 1.74. The second-order valence-electron chi connectivity index (χ2n) is 7.15. The van der Waals surface area contributed by atoms with Gasteiger partial charge in [0.2, 0.25) is 0 Å². The van der Waals surface area contributed by atoms with Crippen LogP contribution < -0.4 is 5.32 Å². The number of hydrogen-bond acceptors (Lipinski definition) is 5. The normalized spacial score (nSPS) is 10.6. The van der Waals surface area contributed by atoms with Gasteiger partial charge in [0.15, 0.2) is 5.13 Å². The molecule has 0 unspecified atom stereocenters. The summed E-state index contributed by atoms with van der Waals surface area (Å²) in [7, 11) is 0. The van der Waals surface area contributed by atoms with Crippen molar-refractivity contribution in [1.29, 1.82) is 0 Å². The number of anilines is 1. The largest absolute Gasteiger partial charge is 0.478 e. The Hall–Kier alpha value is -3.84. The van der Waals surface area contributed by atoms with E-state index in [1.165, 1.54) is 23.5 Å². The summed E-state index contributed by atoms with van der Waals surface area (Å²) in [5.74, 6) is -1.49. The van der Waals surface area contributed by atoms with Gasteiger partial charge in [-0.3, -0.25) is 15.1 Å². The number of nitrogens with zero attached hydrogens (tertiary/aromatic N) is 2. The summed E-state index contributed by atoms with van der Waals surface area (Å²) in [6, 6.07) is 15.9. The SMILES string of the molecule is Cc1cc(C)cc(-c2nc(NC(=O)c3cccc(C(=O)O)c3)sc2-c2ccncc2)c1. The number of carboxylic acid groups (broad SMARTS) is 1. The zero-order chi connectivity index (χ0) is 22.0. The standard InChI is InChI=1S/C24H19N3O3S/c1-14-10-15(2)12-19(11-14)20-21(16-6-8-25-9-7-16)31-24(26-20)27-22(28)17-4-3-5-18(13-17)23(29)30/h3-13H,1-2H3,(H,29,30)(H,26,27,28). The van der Waals surface area contributed by atoms with E-state index in [0.717, 1.165) is 32.8 Å². The summed E-state index contributed by atoms with van der Waals surface area (Å²) in [5, 5.41) is 12.4. The highest BCUT2D eigenvalue weighted by molar-refractivity contribution is 7.19. The number of thiazole rings is 1. The third-order valence-corrected chi connectivity index (χ3v) is 5.68. The van der Waals surface area contributed by atoms with Gasteiger partial charge in [0.1, 0.15) is 0 Å². The van der Waals surface area contributed by atoms with Crippen molar-refractivity contribution in [1.82, 2.24) is 9.97 Å². The molecule has 31 heavy (non-hydrogen) atoms. The second kappa shape index (κ2) is 8.49. The van der Waals surface area contributed by atoms with Crippen molar-refractivity contribution in [2.24, 2.45) is 0 Å². The van der Waals surface area contributed by atoms with E-state index in [2.05, 4.69) is 28.5 Å². The van der Waals surface area contributed by atoms with Gasteiger partial charge in [-0.2, -0.15) is 0 Å². The van der Waals surface area contributed by atoms with Crippen LogP contribution in [0.3, 0.4) is 0 Å². The zero-order valence-electron chi connectivity index (χ0n) is 16.9. The third-order valence-electron chi connectivity index (χ3n) is 4.66. The molecule has 2 aromatic carbocycles. The van der Waals surface area contributed by atoms with Crippen molar-refractivity contribution in [3.8, 4) is 21.7 Å². The van der Waals surface area contributed by atoms with Crippen molar-refractivity contribution in [3.63, 3.8) is 0 Å². The zero-order valence-corrected chi connectivity index (χ0v) is 17.7. The van der Waals surface area contributed by atoms with Crippen molar-refractivity contribution in [2.45, 2.75) is 13.8 Å². The summed E-state index contributed by atoms with van der Waals surface area (Å²) >= 11 is 1.37. The van der Waals surface area contributed by atoms with E-state index in [1.54, 1.807) is 24.5 Å². The van der Waals surface area contributed by atoms with E-state index >= 15 is 0 Å². The number of carboxylic acids is 1. The molecular weight excluding hydrogens is 410 g/mol. The molecular formula is C24H19N3O3S. The minimum atomic E-state index is -1.08.